The van der Waals surface area contributed by atoms with Gasteiger partial charge in [-0.05, 0) is 0 Å². The van der Waals surface area contributed by atoms with Crippen LogP contribution in [0.15, 0.2) is 0 Å². The van der Waals surface area contributed by atoms with Crippen molar-refractivity contribution in [2.24, 2.45) is 5.92 Å². The number of carbonyl (C=O) groups excluding carboxylic acids is 8. The summed E-state index contributed by atoms with van der Waals surface area (Å²) in [5.74, 6) is -7.90. The Morgan fingerprint density at radius 1 is 0.511 bits per heavy atom. The first-order valence-electron chi connectivity index (χ1n) is 14.5. The molecule has 18 nitrogen and oxygen atoms in total. The maximum absolute atomic E-state index is 12.6. The van der Waals surface area contributed by atoms with Crippen molar-refractivity contribution in [2.45, 2.75) is 117 Å². The van der Waals surface area contributed by atoms with Crippen molar-refractivity contribution in [1.82, 2.24) is 0 Å². The lowest BCUT2D eigenvalue weighted by Crippen LogP contribution is -2.67. The average molecular weight is 677 g/mol. The second kappa shape index (κ2) is 17.6. The summed E-state index contributed by atoms with van der Waals surface area (Å²) in [7, 11) is 0. The molecule has 0 aromatic rings. The number of hydrogen-bond donors (Lipinski definition) is 0. The summed E-state index contributed by atoms with van der Waals surface area (Å²) in [4.78, 5) is 97.2. The average Bonchev–Trinajstić information content (AvgIpc) is 2.91. The van der Waals surface area contributed by atoms with Crippen LogP contribution in [-0.4, -0.2) is 116 Å². The number of hydrogen-bond acceptors (Lipinski definition) is 18. The minimum Gasteiger partial charge on any atom is -0.463 e. The second-order valence-corrected chi connectivity index (χ2v) is 10.7. The van der Waals surface area contributed by atoms with E-state index in [1.54, 1.807) is 0 Å². The SMILES string of the molecule is CC(=O)OC[C@H]1O[C@H](OC(C)=O)C[C@@H]([C@@H](OC(C)=O)[C@@H]2O[C@H](COC(C)=O)[C@H](OC(C)=O)[C@H](OC(C)=O)[C@H]2OC(C)=O)[C@H]1OC(C)=O. The number of esters is 8. The van der Waals surface area contributed by atoms with Crippen molar-refractivity contribution in [3.63, 3.8) is 0 Å². The summed E-state index contributed by atoms with van der Waals surface area (Å²) in [6.07, 6.45) is -13.8. The van der Waals surface area contributed by atoms with Gasteiger partial charge in [0.2, 0.25) is 6.29 Å². The van der Waals surface area contributed by atoms with Crippen LogP contribution in [0.4, 0.5) is 0 Å². The minimum absolute atomic E-state index is 0.321. The van der Waals surface area contributed by atoms with Crippen LogP contribution in [0.1, 0.15) is 61.8 Å². The molecule has 0 aliphatic carbocycles. The fourth-order valence-electron chi connectivity index (χ4n) is 5.35. The van der Waals surface area contributed by atoms with Crippen LogP contribution in [-0.2, 0) is 85.7 Å². The van der Waals surface area contributed by atoms with Crippen molar-refractivity contribution in [1.29, 1.82) is 0 Å². The van der Waals surface area contributed by atoms with E-state index in [0.29, 0.717) is 0 Å². The number of ether oxygens (including phenoxy) is 10. The summed E-state index contributed by atoms with van der Waals surface area (Å²) in [6.45, 7) is 7.45. The van der Waals surface area contributed by atoms with Gasteiger partial charge in [-0.3, -0.25) is 38.4 Å². The third-order valence-electron chi connectivity index (χ3n) is 6.70. The van der Waals surface area contributed by atoms with E-state index in [4.69, 9.17) is 47.4 Å². The van der Waals surface area contributed by atoms with Crippen LogP contribution < -0.4 is 0 Å². The lowest BCUT2D eigenvalue weighted by atomic mass is 9.80. The molecule has 2 aliphatic rings. The van der Waals surface area contributed by atoms with Crippen LogP contribution in [0.25, 0.3) is 0 Å². The van der Waals surface area contributed by atoms with E-state index in [2.05, 4.69) is 0 Å². The van der Waals surface area contributed by atoms with Gasteiger partial charge in [0, 0.05) is 67.7 Å². The predicted molar refractivity (Wildman–Crippen MR) is 148 cm³/mol. The van der Waals surface area contributed by atoms with Crippen molar-refractivity contribution in [3.05, 3.63) is 0 Å². The lowest BCUT2D eigenvalue weighted by Gasteiger charge is -2.49. The van der Waals surface area contributed by atoms with Crippen molar-refractivity contribution in [3.8, 4) is 0 Å². The molecule has 0 bridgehead atoms. The van der Waals surface area contributed by atoms with Gasteiger partial charge in [-0.2, -0.15) is 0 Å². The van der Waals surface area contributed by atoms with Gasteiger partial charge in [0.05, 0.1) is 0 Å². The van der Waals surface area contributed by atoms with Crippen LogP contribution >= 0.6 is 0 Å². The molecular weight excluding hydrogens is 636 g/mol. The Hall–Kier alpha value is -4.32. The summed E-state index contributed by atoms with van der Waals surface area (Å²) < 4.78 is 55.2. The quantitative estimate of drug-likeness (QED) is 0.193. The Morgan fingerprint density at radius 2 is 0.936 bits per heavy atom. The highest BCUT2D eigenvalue weighted by Crippen LogP contribution is 2.39. The van der Waals surface area contributed by atoms with Gasteiger partial charge in [-0.15, -0.1) is 0 Å². The van der Waals surface area contributed by atoms with Gasteiger partial charge in [-0.25, -0.2) is 0 Å². The largest absolute Gasteiger partial charge is 0.463 e. The molecule has 2 heterocycles. The second-order valence-electron chi connectivity index (χ2n) is 10.7. The van der Waals surface area contributed by atoms with Crippen LogP contribution in [0.2, 0.25) is 0 Å². The Kier molecular flexibility index (Phi) is 14.5. The zero-order valence-corrected chi connectivity index (χ0v) is 27.2. The predicted octanol–water partition coefficient (Wildman–Crippen LogP) is -0.167. The van der Waals surface area contributed by atoms with Crippen LogP contribution in [0.5, 0.6) is 0 Å². The van der Waals surface area contributed by atoms with Gasteiger partial charge in [0.25, 0.3) is 0 Å². The van der Waals surface area contributed by atoms with Crippen molar-refractivity contribution in [2.75, 3.05) is 13.2 Å². The third-order valence-corrected chi connectivity index (χ3v) is 6.70. The Labute approximate surface area is 269 Å². The van der Waals surface area contributed by atoms with Gasteiger partial charge >= 0.3 is 47.8 Å². The minimum atomic E-state index is -1.67. The molecule has 2 aliphatic heterocycles. The first-order valence-corrected chi connectivity index (χ1v) is 14.5. The maximum Gasteiger partial charge on any atom is 0.304 e. The van der Waals surface area contributed by atoms with Crippen molar-refractivity contribution >= 4 is 47.8 Å². The van der Waals surface area contributed by atoms with Crippen LogP contribution in [0.3, 0.4) is 0 Å². The highest BCUT2D eigenvalue weighted by Gasteiger charge is 2.59. The smallest absolute Gasteiger partial charge is 0.304 e. The monoisotopic (exact) mass is 676 g/mol. The zero-order valence-electron chi connectivity index (χ0n) is 27.2. The van der Waals surface area contributed by atoms with Crippen LogP contribution in [0, 0.1) is 5.92 Å². The maximum atomic E-state index is 12.6. The normalized spacial score (nSPS) is 29.1. The molecule has 10 atom stereocenters. The van der Waals surface area contributed by atoms with E-state index in [1.807, 2.05) is 0 Å². The molecule has 0 amide bonds. The Bertz CT molecular complexity index is 1200. The highest BCUT2D eigenvalue weighted by atomic mass is 16.7. The highest BCUT2D eigenvalue weighted by molar-refractivity contribution is 5.69. The third kappa shape index (κ3) is 12.1. The van der Waals surface area contributed by atoms with E-state index in [9.17, 15) is 38.4 Å². The molecule has 47 heavy (non-hydrogen) atoms. The molecule has 2 saturated heterocycles. The number of rotatable bonds is 12. The molecular formula is C29H40O18. The topological polar surface area (TPSA) is 229 Å². The standard InChI is InChI=1S/C29H40O18/c1-12(30)38-10-21-24(41-15(4)33)20(9-23(46-21)40-14(3)32)25(42-16(5)34)27-29(45-19(8)37)28(44-18(7)36)26(43-17(6)35)22(47-27)11-39-13(2)31/h20-29H,9-11H2,1-8H3/t20-,21-,22-,23+,24-,25-,26+,27+,28+,29+/m1/s1. The molecule has 264 valence electrons. The molecule has 18 heteroatoms. The van der Waals surface area contributed by atoms with Gasteiger partial charge in [-0.1, -0.05) is 0 Å². The number of carbonyl (C=O) groups is 8. The summed E-state index contributed by atoms with van der Waals surface area (Å²) in [5.41, 5.74) is 0. The van der Waals surface area contributed by atoms with Crippen molar-refractivity contribution < 1.29 is 85.7 Å². The van der Waals surface area contributed by atoms with E-state index >= 15 is 0 Å². The summed E-state index contributed by atoms with van der Waals surface area (Å²) >= 11 is 0. The lowest BCUT2D eigenvalue weighted by molar-refractivity contribution is -0.291. The van der Waals surface area contributed by atoms with E-state index in [1.165, 1.54) is 0 Å². The molecule has 0 N–H and O–H groups in total. The fourth-order valence-corrected chi connectivity index (χ4v) is 5.35. The molecule has 0 saturated carbocycles. The van der Waals surface area contributed by atoms with Gasteiger partial charge in [0.1, 0.15) is 43.7 Å². The van der Waals surface area contributed by atoms with E-state index in [-0.39, 0.29) is 6.42 Å². The molecule has 0 spiro atoms. The molecule has 0 unspecified atom stereocenters. The van der Waals surface area contributed by atoms with Gasteiger partial charge in [0.15, 0.2) is 18.3 Å². The summed E-state index contributed by atoms with van der Waals surface area (Å²) in [6, 6.07) is 0. The molecule has 0 radical (unpaired) electrons. The first-order chi connectivity index (χ1) is 21.9. The van der Waals surface area contributed by atoms with E-state index in [0.717, 1.165) is 55.4 Å². The summed E-state index contributed by atoms with van der Waals surface area (Å²) in [5, 5.41) is 0. The molecule has 0 aromatic carbocycles. The Morgan fingerprint density at radius 3 is 1.38 bits per heavy atom. The first kappa shape index (κ1) is 38.9. The molecule has 2 fully saturated rings. The van der Waals surface area contributed by atoms with E-state index < -0.39 is 122 Å². The zero-order chi connectivity index (χ0) is 35.6. The van der Waals surface area contributed by atoms with Gasteiger partial charge < -0.3 is 47.4 Å². The molecule has 0 aromatic heterocycles. The Balaban J connectivity index is 2.82. The molecule has 2 rings (SSSR count). The fraction of sp³-hybridized carbons (Fsp3) is 0.724.